The maximum Gasteiger partial charge on any atom is 0.284 e. The van der Waals surface area contributed by atoms with Crippen molar-refractivity contribution in [2.75, 3.05) is 42.5 Å². The van der Waals surface area contributed by atoms with Crippen molar-refractivity contribution in [2.45, 2.75) is 33.7 Å². The zero-order valence-electron chi connectivity index (χ0n) is 17.0. The van der Waals surface area contributed by atoms with Gasteiger partial charge >= 0.3 is 0 Å². The van der Waals surface area contributed by atoms with Crippen LogP contribution in [-0.2, 0) is 4.79 Å². The average Bonchev–Trinajstić information content (AvgIpc) is 2.71. The lowest BCUT2D eigenvalue weighted by atomic mass is 10.1. The number of rotatable bonds is 5. The Balaban J connectivity index is 1.65. The van der Waals surface area contributed by atoms with E-state index in [2.05, 4.69) is 43.9 Å². The van der Waals surface area contributed by atoms with Crippen LogP contribution in [0.3, 0.4) is 0 Å². The Morgan fingerprint density at radius 1 is 1.07 bits per heavy atom. The van der Waals surface area contributed by atoms with Gasteiger partial charge in [-0.15, -0.1) is 0 Å². The summed E-state index contributed by atoms with van der Waals surface area (Å²) in [5.74, 6) is 0.221. The number of carbonyl (C=O) groups excluding carboxylic acids is 1. The number of nitrogens with one attached hydrogen (secondary N) is 1. The summed E-state index contributed by atoms with van der Waals surface area (Å²) in [6, 6.07) is 16.5. The number of benzene rings is 2. The minimum Gasteiger partial charge on any atom is -0.360 e. The first-order valence-corrected chi connectivity index (χ1v) is 10.0. The van der Waals surface area contributed by atoms with Crippen molar-refractivity contribution < 1.29 is 9.69 Å². The highest BCUT2D eigenvalue weighted by atomic mass is 16.2. The molecule has 0 unspecified atom stereocenters. The number of carbonyl (C=O) groups is 1. The van der Waals surface area contributed by atoms with Crippen LogP contribution < -0.4 is 14.7 Å². The molecule has 0 spiro atoms. The second-order valence-electron chi connectivity index (χ2n) is 7.50. The number of likely N-dealkylation sites (N-methyl/N-ethyl adjacent to an activating group) is 1. The highest BCUT2D eigenvalue weighted by Crippen LogP contribution is 2.22. The van der Waals surface area contributed by atoms with E-state index in [0.29, 0.717) is 6.54 Å². The molecule has 3 rings (SSSR count). The minimum atomic E-state index is -0.0223. The van der Waals surface area contributed by atoms with Crippen molar-refractivity contribution in [1.82, 2.24) is 0 Å². The van der Waals surface area contributed by atoms with E-state index in [1.807, 2.05) is 42.2 Å². The number of hydrogen-bond donors (Lipinski definition) is 1. The number of piperazine rings is 1. The van der Waals surface area contributed by atoms with Gasteiger partial charge < -0.3 is 14.7 Å². The molecule has 2 aromatic carbocycles. The largest absolute Gasteiger partial charge is 0.360 e. The summed E-state index contributed by atoms with van der Waals surface area (Å²) >= 11 is 0. The minimum absolute atomic E-state index is 0.0223. The fourth-order valence-corrected chi connectivity index (χ4v) is 4.03. The summed E-state index contributed by atoms with van der Waals surface area (Å²) in [6.07, 6.45) is 0. The normalized spacial score (nSPS) is 16.2. The summed E-state index contributed by atoms with van der Waals surface area (Å²) in [4.78, 5) is 18.9. The Hall–Kier alpha value is -2.33. The van der Waals surface area contributed by atoms with Crippen LogP contribution in [0.2, 0.25) is 0 Å². The Morgan fingerprint density at radius 3 is 2.37 bits per heavy atom. The van der Waals surface area contributed by atoms with Gasteiger partial charge in [0, 0.05) is 17.9 Å². The molecule has 1 aliphatic heterocycles. The van der Waals surface area contributed by atoms with Gasteiger partial charge in [-0.3, -0.25) is 4.79 Å². The van der Waals surface area contributed by atoms with E-state index in [4.69, 9.17) is 0 Å². The highest BCUT2D eigenvalue weighted by Gasteiger charge is 2.32. The summed E-state index contributed by atoms with van der Waals surface area (Å²) in [6.45, 7) is 13.2. The molecule has 1 amide bonds. The molecule has 4 heteroatoms. The first kappa shape index (κ1) is 19.4. The molecule has 4 nitrogen and oxygen atoms in total. The predicted octanol–water partition coefficient (Wildman–Crippen LogP) is 2.45. The van der Waals surface area contributed by atoms with Crippen molar-refractivity contribution in [3.63, 3.8) is 0 Å². The monoisotopic (exact) mass is 366 g/mol. The molecule has 2 aromatic rings. The van der Waals surface area contributed by atoms with Crippen LogP contribution in [0.1, 0.15) is 25.0 Å². The highest BCUT2D eigenvalue weighted by molar-refractivity contribution is 5.96. The lowest BCUT2D eigenvalue weighted by Crippen LogP contribution is -3.19. The van der Waals surface area contributed by atoms with Gasteiger partial charge in [0.25, 0.3) is 5.91 Å². The van der Waals surface area contributed by atoms with Gasteiger partial charge in [0.05, 0.1) is 26.2 Å². The number of amides is 1. The second kappa shape index (κ2) is 8.57. The van der Waals surface area contributed by atoms with Crippen LogP contribution in [0.4, 0.5) is 11.4 Å². The number of quaternary nitrogens is 1. The third-order valence-corrected chi connectivity index (χ3v) is 5.96. The number of para-hydroxylation sites is 1. The van der Waals surface area contributed by atoms with Crippen molar-refractivity contribution in [1.29, 1.82) is 0 Å². The Labute approximate surface area is 163 Å². The van der Waals surface area contributed by atoms with E-state index in [-0.39, 0.29) is 11.9 Å². The van der Waals surface area contributed by atoms with Gasteiger partial charge in [0.15, 0.2) is 6.04 Å². The molecule has 0 aromatic heterocycles. The van der Waals surface area contributed by atoms with Crippen LogP contribution in [0, 0.1) is 13.8 Å². The first-order valence-electron chi connectivity index (χ1n) is 10.0. The number of hydrogen-bond acceptors (Lipinski definition) is 2. The zero-order chi connectivity index (χ0) is 19.4. The summed E-state index contributed by atoms with van der Waals surface area (Å²) in [7, 11) is 0. The molecule has 1 heterocycles. The fourth-order valence-electron chi connectivity index (χ4n) is 4.03. The molecule has 0 radical (unpaired) electrons. The quantitative estimate of drug-likeness (QED) is 0.880. The van der Waals surface area contributed by atoms with Crippen LogP contribution in [-0.4, -0.2) is 44.7 Å². The standard InChI is InChI=1S/C23H31N3O/c1-5-26(21-11-7-6-8-12-21)23(27)20(4)24-14-16-25(17-15-24)22-13-9-10-18(2)19(22)3/h6-13,20H,5,14-17H2,1-4H3/p+1/t20-/m0/s1. The Bertz CT molecular complexity index is 766. The second-order valence-corrected chi connectivity index (χ2v) is 7.50. The lowest BCUT2D eigenvalue weighted by molar-refractivity contribution is -0.914. The molecular weight excluding hydrogens is 334 g/mol. The van der Waals surface area contributed by atoms with E-state index >= 15 is 0 Å². The van der Waals surface area contributed by atoms with Gasteiger partial charge in [-0.1, -0.05) is 30.3 Å². The molecule has 0 aliphatic carbocycles. The van der Waals surface area contributed by atoms with Crippen LogP contribution in [0.25, 0.3) is 0 Å². The molecular formula is C23H32N3O+. The fraction of sp³-hybridized carbons (Fsp3) is 0.435. The smallest absolute Gasteiger partial charge is 0.284 e. The predicted molar refractivity (Wildman–Crippen MR) is 113 cm³/mol. The maximum absolute atomic E-state index is 13.1. The lowest BCUT2D eigenvalue weighted by Gasteiger charge is -2.38. The average molecular weight is 367 g/mol. The maximum atomic E-state index is 13.1. The van der Waals surface area contributed by atoms with Crippen molar-refractivity contribution in [3.05, 3.63) is 59.7 Å². The van der Waals surface area contributed by atoms with Crippen molar-refractivity contribution in [2.24, 2.45) is 0 Å². The molecule has 1 saturated heterocycles. The van der Waals surface area contributed by atoms with Crippen molar-refractivity contribution in [3.8, 4) is 0 Å². The van der Waals surface area contributed by atoms with E-state index < -0.39 is 0 Å². The Morgan fingerprint density at radius 2 is 1.74 bits per heavy atom. The number of aryl methyl sites for hydroxylation is 1. The van der Waals surface area contributed by atoms with E-state index in [1.54, 1.807) is 0 Å². The summed E-state index contributed by atoms with van der Waals surface area (Å²) < 4.78 is 0. The van der Waals surface area contributed by atoms with E-state index in [9.17, 15) is 4.79 Å². The van der Waals surface area contributed by atoms with Gasteiger partial charge in [-0.25, -0.2) is 0 Å². The molecule has 0 bridgehead atoms. The van der Waals surface area contributed by atoms with E-state index in [1.165, 1.54) is 21.7 Å². The Kier molecular flexibility index (Phi) is 6.17. The number of nitrogens with zero attached hydrogens (tertiary/aromatic N) is 2. The van der Waals surface area contributed by atoms with Crippen LogP contribution in [0.15, 0.2) is 48.5 Å². The topological polar surface area (TPSA) is 28.0 Å². The van der Waals surface area contributed by atoms with Crippen LogP contribution in [0.5, 0.6) is 0 Å². The third kappa shape index (κ3) is 4.16. The number of anilines is 2. The molecule has 1 N–H and O–H groups in total. The van der Waals surface area contributed by atoms with Gasteiger partial charge in [0.1, 0.15) is 0 Å². The van der Waals surface area contributed by atoms with Gasteiger partial charge in [0.2, 0.25) is 0 Å². The molecule has 27 heavy (non-hydrogen) atoms. The summed E-state index contributed by atoms with van der Waals surface area (Å²) in [5, 5.41) is 0. The van der Waals surface area contributed by atoms with Gasteiger partial charge in [-0.05, 0) is 57.0 Å². The third-order valence-electron chi connectivity index (χ3n) is 5.96. The molecule has 0 saturated carbocycles. The van der Waals surface area contributed by atoms with Crippen molar-refractivity contribution >= 4 is 17.3 Å². The SMILES string of the molecule is CCN(C(=O)[C@H](C)[NH+]1CCN(c2cccc(C)c2C)CC1)c1ccccc1. The molecule has 1 fully saturated rings. The first-order chi connectivity index (χ1) is 13.0. The zero-order valence-corrected chi connectivity index (χ0v) is 17.0. The molecule has 1 aliphatic rings. The van der Waals surface area contributed by atoms with Gasteiger partial charge in [-0.2, -0.15) is 0 Å². The van der Waals surface area contributed by atoms with E-state index in [0.717, 1.165) is 31.9 Å². The molecule has 1 atom stereocenters. The van der Waals surface area contributed by atoms with Crippen LogP contribution >= 0.6 is 0 Å². The molecule has 144 valence electrons. The summed E-state index contributed by atoms with van der Waals surface area (Å²) in [5.41, 5.74) is 5.04.